The fourth-order valence-corrected chi connectivity index (χ4v) is 5.29. The molecule has 2 N–H and O–H groups in total. The van der Waals surface area contributed by atoms with Crippen LogP contribution in [0, 0.1) is 0 Å². The number of nitrogens with one attached hydrogen (secondary N) is 2. The smallest absolute Gasteiger partial charge is 0.414 e. The molecule has 206 valence electrons. The number of hydrogen-bond acceptors (Lipinski definition) is 10. The first kappa shape index (κ1) is 27.0. The minimum absolute atomic E-state index is 0.0374. The lowest BCUT2D eigenvalue weighted by atomic mass is 10.1. The number of anilines is 2. The topological polar surface area (TPSA) is 124 Å². The van der Waals surface area contributed by atoms with Gasteiger partial charge < -0.3 is 29.6 Å². The Bertz CT molecular complexity index is 1360. The van der Waals surface area contributed by atoms with Gasteiger partial charge in [0, 0.05) is 24.2 Å². The highest BCUT2D eigenvalue weighted by atomic mass is 32.2. The highest BCUT2D eigenvalue weighted by Crippen LogP contribution is 2.35. The molecule has 0 bridgehead atoms. The van der Waals surface area contributed by atoms with Crippen molar-refractivity contribution in [2.75, 3.05) is 56.5 Å². The van der Waals surface area contributed by atoms with E-state index in [2.05, 4.69) is 20.6 Å². The second-order valence-corrected chi connectivity index (χ2v) is 10.1. The maximum atomic E-state index is 12.5. The van der Waals surface area contributed by atoms with Gasteiger partial charge in [-0.2, -0.15) is 0 Å². The summed E-state index contributed by atoms with van der Waals surface area (Å²) in [4.78, 5) is 36.0. The lowest BCUT2D eigenvalue weighted by Crippen LogP contribution is -2.25. The zero-order valence-electron chi connectivity index (χ0n) is 21.9. The molecule has 1 saturated heterocycles. The molecule has 2 aliphatic heterocycles. The number of thioether (sulfide) groups is 1. The van der Waals surface area contributed by atoms with E-state index >= 15 is 0 Å². The number of aromatic nitrogens is 2. The molecule has 12 heteroatoms. The number of fused-ring (bicyclic) bond motifs is 2. The Morgan fingerprint density at radius 2 is 2.08 bits per heavy atom. The van der Waals surface area contributed by atoms with Crippen LogP contribution in [0.4, 0.5) is 16.2 Å². The van der Waals surface area contributed by atoms with E-state index in [0.717, 1.165) is 46.7 Å². The van der Waals surface area contributed by atoms with E-state index in [1.54, 1.807) is 25.3 Å². The third-order valence-corrected chi connectivity index (χ3v) is 7.53. The van der Waals surface area contributed by atoms with Crippen molar-refractivity contribution in [3.63, 3.8) is 0 Å². The Kier molecular flexibility index (Phi) is 8.64. The van der Waals surface area contributed by atoms with Crippen molar-refractivity contribution in [3.8, 4) is 11.6 Å². The summed E-state index contributed by atoms with van der Waals surface area (Å²) in [7, 11) is 3.19. The molecule has 3 aromatic rings. The average Bonchev–Trinajstić information content (AvgIpc) is 3.33. The lowest BCUT2D eigenvalue weighted by molar-refractivity contribution is -0.113. The van der Waals surface area contributed by atoms with E-state index in [4.69, 9.17) is 18.9 Å². The zero-order chi connectivity index (χ0) is 27.2. The zero-order valence-corrected chi connectivity index (χ0v) is 22.7. The first-order valence-electron chi connectivity index (χ1n) is 12.8. The van der Waals surface area contributed by atoms with Crippen molar-refractivity contribution in [1.82, 2.24) is 15.3 Å². The number of carbonyl (C=O) groups is 2. The molecule has 2 aromatic carbocycles. The van der Waals surface area contributed by atoms with E-state index in [9.17, 15) is 9.59 Å². The minimum atomic E-state index is -0.366. The maximum Gasteiger partial charge on any atom is 0.414 e. The summed E-state index contributed by atoms with van der Waals surface area (Å²) in [6.07, 6.45) is 2.57. The highest BCUT2D eigenvalue weighted by molar-refractivity contribution is 8.00. The monoisotopic (exact) mass is 553 g/mol. The SMILES string of the molecule is COCCOc1ccc(CNCCC[C@@H]2CN(c3ccc4c(c3)NC(=O)CS4)C(=O)O2)c2nc(OC)cnc12. The van der Waals surface area contributed by atoms with Gasteiger partial charge in [-0.15, -0.1) is 11.8 Å². The summed E-state index contributed by atoms with van der Waals surface area (Å²) in [6, 6.07) is 9.53. The van der Waals surface area contributed by atoms with Crippen molar-refractivity contribution in [2.24, 2.45) is 0 Å². The molecule has 11 nitrogen and oxygen atoms in total. The number of benzene rings is 2. The Balaban J connectivity index is 1.14. The molecule has 0 spiro atoms. The van der Waals surface area contributed by atoms with Crippen LogP contribution in [0.3, 0.4) is 0 Å². The van der Waals surface area contributed by atoms with Crippen LogP contribution in [-0.4, -0.2) is 74.3 Å². The van der Waals surface area contributed by atoms with Crippen LogP contribution in [0.2, 0.25) is 0 Å². The van der Waals surface area contributed by atoms with Gasteiger partial charge in [-0.3, -0.25) is 9.69 Å². The van der Waals surface area contributed by atoms with Crippen LogP contribution in [0.5, 0.6) is 11.6 Å². The molecule has 2 aliphatic rings. The molecule has 0 aliphatic carbocycles. The molecule has 2 amide bonds. The van der Waals surface area contributed by atoms with Crippen LogP contribution >= 0.6 is 11.8 Å². The molecule has 0 unspecified atom stereocenters. The van der Waals surface area contributed by atoms with Crippen LogP contribution in [0.25, 0.3) is 11.0 Å². The first-order valence-corrected chi connectivity index (χ1v) is 13.7. The van der Waals surface area contributed by atoms with Gasteiger partial charge in [0.1, 0.15) is 29.5 Å². The fourth-order valence-electron chi connectivity index (χ4n) is 4.50. The summed E-state index contributed by atoms with van der Waals surface area (Å²) in [5.74, 6) is 1.45. The molecule has 39 heavy (non-hydrogen) atoms. The van der Waals surface area contributed by atoms with Gasteiger partial charge in [-0.25, -0.2) is 14.8 Å². The van der Waals surface area contributed by atoms with Crippen LogP contribution < -0.4 is 25.0 Å². The molecule has 1 fully saturated rings. The van der Waals surface area contributed by atoms with Gasteiger partial charge in [-0.05, 0) is 49.2 Å². The molecule has 5 rings (SSSR count). The molecule has 0 radical (unpaired) electrons. The predicted molar refractivity (Wildman–Crippen MR) is 148 cm³/mol. The molecule has 1 aromatic heterocycles. The van der Waals surface area contributed by atoms with Gasteiger partial charge in [0.05, 0.1) is 37.9 Å². The number of cyclic esters (lactones) is 1. The van der Waals surface area contributed by atoms with Crippen molar-refractivity contribution in [2.45, 2.75) is 30.4 Å². The third-order valence-electron chi connectivity index (χ3n) is 6.45. The number of amides is 2. The van der Waals surface area contributed by atoms with Crippen LogP contribution in [-0.2, 0) is 20.8 Å². The molecular formula is C27H31N5O6S. The van der Waals surface area contributed by atoms with Crippen LogP contribution in [0.15, 0.2) is 41.4 Å². The number of ether oxygens (including phenoxy) is 4. The van der Waals surface area contributed by atoms with Gasteiger partial charge in [-0.1, -0.05) is 6.07 Å². The summed E-state index contributed by atoms with van der Waals surface area (Å²) in [5.41, 5.74) is 3.83. The average molecular weight is 554 g/mol. The fraction of sp³-hybridized carbons (Fsp3) is 0.407. The van der Waals surface area contributed by atoms with Gasteiger partial charge in [0.2, 0.25) is 11.8 Å². The Morgan fingerprint density at radius 1 is 1.18 bits per heavy atom. The van der Waals surface area contributed by atoms with E-state index in [0.29, 0.717) is 49.2 Å². The summed E-state index contributed by atoms with van der Waals surface area (Å²) < 4.78 is 21.8. The predicted octanol–water partition coefficient (Wildman–Crippen LogP) is 3.60. The van der Waals surface area contributed by atoms with E-state index in [1.807, 2.05) is 30.3 Å². The second kappa shape index (κ2) is 12.5. The maximum absolute atomic E-state index is 12.5. The molecular weight excluding hydrogens is 522 g/mol. The summed E-state index contributed by atoms with van der Waals surface area (Å²) in [6.45, 7) is 2.70. The Labute approximate surface area is 230 Å². The van der Waals surface area contributed by atoms with Crippen molar-refractivity contribution >= 4 is 46.2 Å². The number of carbonyl (C=O) groups excluding carboxylic acids is 2. The van der Waals surface area contributed by atoms with E-state index in [-0.39, 0.29) is 18.1 Å². The Hall–Kier alpha value is -3.61. The lowest BCUT2D eigenvalue weighted by Gasteiger charge is -2.20. The quantitative estimate of drug-likeness (QED) is 0.322. The van der Waals surface area contributed by atoms with Crippen molar-refractivity contribution < 1.29 is 28.5 Å². The second-order valence-electron chi connectivity index (χ2n) is 9.13. The summed E-state index contributed by atoms with van der Waals surface area (Å²) in [5, 5.41) is 6.32. The van der Waals surface area contributed by atoms with Gasteiger partial charge in [0.15, 0.2) is 0 Å². The molecule has 1 atom stereocenters. The highest BCUT2D eigenvalue weighted by Gasteiger charge is 2.32. The van der Waals surface area contributed by atoms with Crippen molar-refractivity contribution in [1.29, 1.82) is 0 Å². The number of nitrogens with zero attached hydrogens (tertiary/aromatic N) is 3. The number of hydrogen-bond donors (Lipinski definition) is 2. The first-order chi connectivity index (χ1) is 19.1. The largest absolute Gasteiger partial charge is 0.489 e. The van der Waals surface area contributed by atoms with Gasteiger partial charge >= 0.3 is 6.09 Å². The summed E-state index contributed by atoms with van der Waals surface area (Å²) >= 11 is 1.49. The molecule has 0 saturated carbocycles. The van der Waals surface area contributed by atoms with E-state index < -0.39 is 0 Å². The Morgan fingerprint density at radius 3 is 2.92 bits per heavy atom. The normalized spacial score (nSPS) is 16.7. The van der Waals surface area contributed by atoms with Gasteiger partial charge in [0.25, 0.3) is 0 Å². The van der Waals surface area contributed by atoms with Crippen LogP contribution in [0.1, 0.15) is 18.4 Å². The standard InChI is InChI=1S/C27H31N5O6S/c1-35-10-11-37-21-7-5-17(25-26(21)29-14-24(31-25)36-2)13-28-9-3-4-19-15-32(27(34)38-19)18-6-8-22-20(12-18)30-23(33)16-39-22/h5-8,12,14,19,28H,3-4,9-11,13,15-16H2,1-2H3,(H,30,33)/t19-/m1/s1. The number of rotatable bonds is 12. The van der Waals surface area contributed by atoms with E-state index in [1.165, 1.54) is 11.8 Å². The third kappa shape index (κ3) is 6.35. The molecule has 3 heterocycles. The van der Waals surface area contributed by atoms with Crippen molar-refractivity contribution in [3.05, 3.63) is 42.1 Å². The number of methoxy groups -OCH3 is 2. The minimum Gasteiger partial charge on any atom is -0.489 e.